The Morgan fingerprint density at radius 2 is 2.11 bits per heavy atom. The van der Waals surface area contributed by atoms with Crippen LogP contribution in [-0.4, -0.2) is 22.0 Å². The van der Waals surface area contributed by atoms with Gasteiger partial charge >= 0.3 is 5.97 Å². The van der Waals surface area contributed by atoms with Crippen molar-refractivity contribution in [2.75, 3.05) is 5.32 Å². The van der Waals surface area contributed by atoms with Crippen molar-refractivity contribution >= 4 is 33.5 Å². The van der Waals surface area contributed by atoms with Gasteiger partial charge in [0, 0.05) is 12.4 Å². The maximum Gasteiger partial charge on any atom is 0.307 e. The highest BCUT2D eigenvalue weighted by atomic mass is 79.9. The van der Waals surface area contributed by atoms with Crippen LogP contribution in [0.15, 0.2) is 22.9 Å². The molecule has 1 aromatic rings. The molecule has 1 aliphatic carbocycles. The summed E-state index contributed by atoms with van der Waals surface area (Å²) in [7, 11) is 0. The lowest BCUT2D eigenvalue weighted by atomic mass is 9.95. The number of carboxylic acid groups (broad SMARTS) is 1. The molecule has 0 bridgehead atoms. The van der Waals surface area contributed by atoms with Crippen molar-refractivity contribution in [3.63, 3.8) is 0 Å². The van der Waals surface area contributed by atoms with Crippen LogP contribution in [0.2, 0.25) is 0 Å². The molecule has 1 aromatic heterocycles. The van der Waals surface area contributed by atoms with Crippen molar-refractivity contribution in [1.29, 1.82) is 0 Å². The zero-order chi connectivity index (χ0) is 13.1. The van der Waals surface area contributed by atoms with Crippen LogP contribution >= 0.6 is 15.9 Å². The average molecular weight is 313 g/mol. The summed E-state index contributed by atoms with van der Waals surface area (Å²) < 4.78 is 0.684. The Hall–Kier alpha value is -1.43. The highest BCUT2D eigenvalue weighted by molar-refractivity contribution is 9.10. The van der Waals surface area contributed by atoms with E-state index in [4.69, 9.17) is 5.11 Å². The van der Waals surface area contributed by atoms with Crippen molar-refractivity contribution < 1.29 is 14.7 Å². The van der Waals surface area contributed by atoms with E-state index in [0.29, 0.717) is 23.0 Å². The van der Waals surface area contributed by atoms with Gasteiger partial charge < -0.3 is 10.4 Å². The Balaban J connectivity index is 2.08. The van der Waals surface area contributed by atoms with Gasteiger partial charge in [-0.15, -0.1) is 0 Å². The first-order valence-corrected chi connectivity index (χ1v) is 6.52. The Morgan fingerprint density at radius 1 is 1.39 bits per heavy atom. The minimum absolute atomic E-state index is 0.230. The standard InChI is InChI=1S/C12H13BrN2O3/c13-9-6-14-5-4-10(9)15-11(16)7-2-1-3-8(7)12(17)18/h4-8H,1-3H2,(H,17,18)(H,14,15,16)/t7-,8+/m1/s1. The Labute approximate surface area is 113 Å². The highest BCUT2D eigenvalue weighted by Gasteiger charge is 2.37. The summed E-state index contributed by atoms with van der Waals surface area (Å²) in [6.45, 7) is 0. The van der Waals surface area contributed by atoms with Crippen LogP contribution in [0.5, 0.6) is 0 Å². The van der Waals surface area contributed by atoms with Crippen LogP contribution in [-0.2, 0) is 9.59 Å². The van der Waals surface area contributed by atoms with E-state index in [1.54, 1.807) is 18.5 Å². The molecule has 1 fully saturated rings. The van der Waals surface area contributed by atoms with Gasteiger partial charge in [0.05, 0.1) is 22.0 Å². The molecule has 1 aliphatic rings. The van der Waals surface area contributed by atoms with Gasteiger partial charge in [-0.2, -0.15) is 0 Å². The number of nitrogens with zero attached hydrogens (tertiary/aromatic N) is 1. The van der Waals surface area contributed by atoms with E-state index in [2.05, 4.69) is 26.2 Å². The molecule has 0 aliphatic heterocycles. The lowest BCUT2D eigenvalue weighted by Gasteiger charge is -2.16. The molecule has 5 nitrogen and oxygen atoms in total. The van der Waals surface area contributed by atoms with Crippen molar-refractivity contribution in [2.45, 2.75) is 19.3 Å². The number of carboxylic acids is 1. The molecule has 18 heavy (non-hydrogen) atoms. The molecule has 96 valence electrons. The topological polar surface area (TPSA) is 79.3 Å². The molecule has 1 saturated carbocycles. The van der Waals surface area contributed by atoms with Crippen LogP contribution in [0.25, 0.3) is 0 Å². The van der Waals surface area contributed by atoms with Gasteiger partial charge in [-0.05, 0) is 34.8 Å². The minimum Gasteiger partial charge on any atom is -0.481 e. The minimum atomic E-state index is -0.888. The molecular weight excluding hydrogens is 300 g/mol. The van der Waals surface area contributed by atoms with Crippen LogP contribution in [0.1, 0.15) is 19.3 Å². The molecular formula is C12H13BrN2O3. The number of aliphatic carboxylic acids is 1. The van der Waals surface area contributed by atoms with Crippen LogP contribution < -0.4 is 5.32 Å². The summed E-state index contributed by atoms with van der Waals surface area (Å²) >= 11 is 3.28. The first kappa shape index (κ1) is 13.0. The summed E-state index contributed by atoms with van der Waals surface area (Å²) in [5.41, 5.74) is 0.617. The number of hydrogen-bond acceptors (Lipinski definition) is 3. The summed E-state index contributed by atoms with van der Waals surface area (Å²) in [6, 6.07) is 1.67. The molecule has 2 atom stereocenters. The first-order valence-electron chi connectivity index (χ1n) is 5.73. The van der Waals surface area contributed by atoms with Crippen molar-refractivity contribution in [3.8, 4) is 0 Å². The molecule has 1 heterocycles. The number of rotatable bonds is 3. The molecule has 0 radical (unpaired) electrons. The normalized spacial score (nSPS) is 22.7. The maximum atomic E-state index is 12.1. The second-order valence-electron chi connectivity index (χ2n) is 4.33. The van der Waals surface area contributed by atoms with Crippen molar-refractivity contribution in [2.24, 2.45) is 11.8 Å². The number of halogens is 1. The summed E-state index contributed by atoms with van der Waals surface area (Å²) in [5.74, 6) is -2.12. The second kappa shape index (κ2) is 5.48. The average Bonchev–Trinajstić information content (AvgIpc) is 2.81. The van der Waals surface area contributed by atoms with E-state index < -0.39 is 17.8 Å². The number of carbonyl (C=O) groups is 2. The third-order valence-electron chi connectivity index (χ3n) is 3.20. The third-order valence-corrected chi connectivity index (χ3v) is 3.83. The summed E-state index contributed by atoms with van der Waals surface area (Å²) in [4.78, 5) is 27.0. The Bertz CT molecular complexity index is 478. The van der Waals surface area contributed by atoms with Crippen molar-refractivity contribution in [3.05, 3.63) is 22.9 Å². The quantitative estimate of drug-likeness (QED) is 0.897. The fourth-order valence-electron chi connectivity index (χ4n) is 2.27. The number of nitrogens with one attached hydrogen (secondary N) is 1. The molecule has 0 saturated heterocycles. The Morgan fingerprint density at radius 3 is 2.78 bits per heavy atom. The van der Waals surface area contributed by atoms with Gasteiger partial charge in [0.1, 0.15) is 0 Å². The molecule has 2 rings (SSSR count). The number of carbonyl (C=O) groups excluding carboxylic acids is 1. The van der Waals surface area contributed by atoms with E-state index in [-0.39, 0.29) is 5.91 Å². The van der Waals surface area contributed by atoms with Crippen molar-refractivity contribution in [1.82, 2.24) is 4.98 Å². The zero-order valence-corrected chi connectivity index (χ0v) is 11.2. The first-order chi connectivity index (χ1) is 8.59. The molecule has 0 aromatic carbocycles. The number of hydrogen-bond donors (Lipinski definition) is 2. The Kier molecular flexibility index (Phi) is 3.96. The number of aromatic nitrogens is 1. The van der Waals surface area contributed by atoms with Crippen LogP contribution in [0.4, 0.5) is 5.69 Å². The third kappa shape index (κ3) is 2.69. The van der Waals surface area contributed by atoms with Crippen LogP contribution in [0.3, 0.4) is 0 Å². The maximum absolute atomic E-state index is 12.1. The van der Waals surface area contributed by atoms with Gasteiger partial charge in [0.15, 0.2) is 0 Å². The monoisotopic (exact) mass is 312 g/mol. The molecule has 2 N–H and O–H groups in total. The van der Waals surface area contributed by atoms with Gasteiger partial charge in [0.25, 0.3) is 0 Å². The van der Waals surface area contributed by atoms with Gasteiger partial charge in [0.2, 0.25) is 5.91 Å². The largest absolute Gasteiger partial charge is 0.481 e. The van der Waals surface area contributed by atoms with E-state index in [9.17, 15) is 9.59 Å². The molecule has 1 amide bonds. The molecule has 0 unspecified atom stereocenters. The lowest BCUT2D eigenvalue weighted by molar-refractivity contribution is -0.145. The van der Waals surface area contributed by atoms with Gasteiger partial charge in [-0.25, -0.2) is 0 Å². The molecule has 6 heteroatoms. The predicted molar refractivity (Wildman–Crippen MR) is 69.0 cm³/mol. The summed E-state index contributed by atoms with van der Waals surface area (Å²) in [6.07, 6.45) is 5.14. The SMILES string of the molecule is O=C(O)[C@H]1CCC[C@H]1C(=O)Nc1ccncc1Br. The fraction of sp³-hybridized carbons (Fsp3) is 0.417. The van der Waals surface area contributed by atoms with Gasteiger partial charge in [-0.3, -0.25) is 14.6 Å². The van der Waals surface area contributed by atoms with E-state index >= 15 is 0 Å². The number of amides is 1. The van der Waals surface area contributed by atoms with Crippen LogP contribution in [0, 0.1) is 11.8 Å². The highest BCUT2D eigenvalue weighted by Crippen LogP contribution is 2.33. The number of pyridine rings is 1. The summed E-state index contributed by atoms with van der Waals surface area (Å²) in [5, 5.41) is 11.8. The van der Waals surface area contributed by atoms with E-state index in [0.717, 1.165) is 6.42 Å². The molecule has 0 spiro atoms. The predicted octanol–water partition coefficient (Wildman–Crippen LogP) is 2.28. The van der Waals surface area contributed by atoms with E-state index in [1.165, 1.54) is 0 Å². The number of anilines is 1. The smallest absolute Gasteiger partial charge is 0.307 e. The van der Waals surface area contributed by atoms with E-state index in [1.807, 2.05) is 0 Å². The fourth-order valence-corrected chi connectivity index (χ4v) is 2.62. The lowest BCUT2D eigenvalue weighted by Crippen LogP contribution is -2.30. The second-order valence-corrected chi connectivity index (χ2v) is 5.18. The zero-order valence-electron chi connectivity index (χ0n) is 9.60. The van der Waals surface area contributed by atoms with Gasteiger partial charge in [-0.1, -0.05) is 6.42 Å².